The number of amides is 1. The summed E-state index contributed by atoms with van der Waals surface area (Å²) in [5.74, 6) is 1.22. The molecule has 1 aliphatic heterocycles. The molecule has 0 N–H and O–H groups in total. The standard InChI is InChI=1S/C20H22N4O3/c1-3-24-18(10-11-21-24)17-5-4-12-23(17)20(25)16-13-19(27-22-16)14-6-8-15(26-2)9-7-14/h6-11,13,17H,3-5,12H2,1-2H3/t17-/m1/s1. The maximum Gasteiger partial charge on any atom is 0.276 e. The van der Waals surface area contributed by atoms with Crippen LogP contribution in [0.1, 0.15) is 42.0 Å². The molecule has 1 aliphatic rings. The summed E-state index contributed by atoms with van der Waals surface area (Å²) in [5, 5.41) is 8.36. The van der Waals surface area contributed by atoms with Gasteiger partial charge in [-0.05, 0) is 50.1 Å². The van der Waals surface area contributed by atoms with Crippen molar-refractivity contribution in [1.82, 2.24) is 19.8 Å². The summed E-state index contributed by atoms with van der Waals surface area (Å²) in [5.41, 5.74) is 2.25. The maximum atomic E-state index is 13.1. The molecule has 0 bridgehead atoms. The Kier molecular flexibility index (Phi) is 4.66. The quantitative estimate of drug-likeness (QED) is 0.690. The van der Waals surface area contributed by atoms with Crippen LogP contribution >= 0.6 is 0 Å². The molecule has 1 amide bonds. The molecule has 1 fully saturated rings. The van der Waals surface area contributed by atoms with Crippen molar-refractivity contribution in [2.45, 2.75) is 32.4 Å². The molecule has 0 spiro atoms. The van der Waals surface area contributed by atoms with Crippen LogP contribution in [0.15, 0.2) is 47.1 Å². The van der Waals surface area contributed by atoms with Gasteiger partial charge in [-0.3, -0.25) is 9.48 Å². The lowest BCUT2D eigenvalue weighted by Crippen LogP contribution is -2.32. The van der Waals surface area contributed by atoms with Gasteiger partial charge in [0, 0.05) is 30.9 Å². The zero-order chi connectivity index (χ0) is 18.8. The molecule has 0 aliphatic carbocycles. The van der Waals surface area contributed by atoms with Gasteiger partial charge in [-0.1, -0.05) is 5.16 Å². The predicted molar refractivity (Wildman–Crippen MR) is 99.4 cm³/mol. The molecular formula is C20H22N4O3. The SMILES string of the molecule is CCn1nccc1[C@H]1CCCN1C(=O)c1cc(-c2ccc(OC)cc2)on1. The first kappa shape index (κ1) is 17.3. The normalized spacial score (nSPS) is 16.7. The van der Waals surface area contributed by atoms with Gasteiger partial charge < -0.3 is 14.2 Å². The fourth-order valence-electron chi connectivity index (χ4n) is 3.62. The van der Waals surface area contributed by atoms with E-state index in [-0.39, 0.29) is 11.9 Å². The van der Waals surface area contributed by atoms with E-state index in [1.165, 1.54) is 0 Å². The van der Waals surface area contributed by atoms with Crippen molar-refractivity contribution in [3.8, 4) is 17.1 Å². The lowest BCUT2D eigenvalue weighted by Gasteiger charge is -2.24. The minimum Gasteiger partial charge on any atom is -0.497 e. The maximum absolute atomic E-state index is 13.1. The van der Waals surface area contributed by atoms with Crippen LogP contribution in [0.4, 0.5) is 0 Å². The zero-order valence-corrected chi connectivity index (χ0v) is 15.5. The van der Waals surface area contributed by atoms with Crippen molar-refractivity contribution in [3.05, 3.63) is 54.0 Å². The van der Waals surface area contributed by atoms with Crippen molar-refractivity contribution in [3.63, 3.8) is 0 Å². The highest BCUT2D eigenvalue weighted by molar-refractivity contribution is 5.93. The molecule has 1 saturated heterocycles. The van der Waals surface area contributed by atoms with E-state index < -0.39 is 0 Å². The Morgan fingerprint density at radius 3 is 2.85 bits per heavy atom. The number of nitrogens with zero attached hydrogens (tertiary/aromatic N) is 4. The number of aryl methyl sites for hydroxylation is 1. The van der Waals surface area contributed by atoms with Crippen LogP contribution in [0.5, 0.6) is 5.75 Å². The van der Waals surface area contributed by atoms with E-state index in [1.807, 2.05) is 39.9 Å². The fraction of sp³-hybridized carbons (Fsp3) is 0.350. The molecule has 0 unspecified atom stereocenters. The molecule has 3 heterocycles. The zero-order valence-electron chi connectivity index (χ0n) is 15.5. The monoisotopic (exact) mass is 366 g/mol. The van der Waals surface area contributed by atoms with Crippen molar-refractivity contribution in [2.75, 3.05) is 13.7 Å². The summed E-state index contributed by atoms with van der Waals surface area (Å²) in [6, 6.07) is 11.2. The predicted octanol–water partition coefficient (Wildman–Crippen LogP) is 3.54. The van der Waals surface area contributed by atoms with Crippen LogP contribution in [0.25, 0.3) is 11.3 Å². The number of carbonyl (C=O) groups excluding carboxylic acids is 1. The number of hydrogen-bond donors (Lipinski definition) is 0. The highest BCUT2D eigenvalue weighted by atomic mass is 16.5. The average Bonchev–Trinajstić information content (AvgIpc) is 3.47. The van der Waals surface area contributed by atoms with Crippen LogP contribution in [0, 0.1) is 0 Å². The second-order valence-corrected chi connectivity index (χ2v) is 6.53. The van der Waals surface area contributed by atoms with Gasteiger partial charge in [0.25, 0.3) is 5.91 Å². The number of methoxy groups -OCH3 is 1. The molecule has 140 valence electrons. The number of likely N-dealkylation sites (tertiary alicyclic amines) is 1. The molecule has 3 aromatic rings. The smallest absolute Gasteiger partial charge is 0.276 e. The van der Waals surface area contributed by atoms with Crippen LogP contribution in [0.2, 0.25) is 0 Å². The van der Waals surface area contributed by atoms with Gasteiger partial charge >= 0.3 is 0 Å². The first-order chi connectivity index (χ1) is 13.2. The molecule has 1 atom stereocenters. The Bertz CT molecular complexity index is 929. The van der Waals surface area contributed by atoms with E-state index in [2.05, 4.69) is 17.2 Å². The van der Waals surface area contributed by atoms with E-state index in [0.29, 0.717) is 18.0 Å². The van der Waals surface area contributed by atoms with Gasteiger partial charge in [-0.2, -0.15) is 5.10 Å². The summed E-state index contributed by atoms with van der Waals surface area (Å²) in [7, 11) is 1.62. The molecule has 7 nitrogen and oxygen atoms in total. The lowest BCUT2D eigenvalue weighted by atomic mass is 10.1. The Morgan fingerprint density at radius 1 is 1.30 bits per heavy atom. The first-order valence-electron chi connectivity index (χ1n) is 9.15. The van der Waals surface area contributed by atoms with E-state index >= 15 is 0 Å². The van der Waals surface area contributed by atoms with Gasteiger partial charge in [0.1, 0.15) is 5.75 Å². The van der Waals surface area contributed by atoms with Gasteiger partial charge in [-0.15, -0.1) is 0 Å². The largest absolute Gasteiger partial charge is 0.497 e. The van der Waals surface area contributed by atoms with Crippen LogP contribution < -0.4 is 4.74 Å². The Morgan fingerprint density at radius 2 is 2.11 bits per heavy atom. The number of aromatic nitrogens is 3. The molecule has 1 aromatic carbocycles. The summed E-state index contributed by atoms with van der Waals surface area (Å²) < 4.78 is 12.5. The van der Waals surface area contributed by atoms with E-state index in [1.54, 1.807) is 19.4 Å². The van der Waals surface area contributed by atoms with Crippen molar-refractivity contribution >= 4 is 5.91 Å². The fourth-order valence-corrected chi connectivity index (χ4v) is 3.62. The van der Waals surface area contributed by atoms with Gasteiger partial charge in [-0.25, -0.2) is 0 Å². The van der Waals surface area contributed by atoms with Crippen LogP contribution in [-0.4, -0.2) is 39.4 Å². The molecular weight excluding hydrogens is 344 g/mol. The third kappa shape index (κ3) is 3.20. The Hall–Kier alpha value is -3.09. The highest BCUT2D eigenvalue weighted by Crippen LogP contribution is 2.33. The summed E-state index contributed by atoms with van der Waals surface area (Å²) in [6.45, 7) is 3.55. The minimum absolute atomic E-state index is 0.0288. The molecule has 0 saturated carbocycles. The summed E-state index contributed by atoms with van der Waals surface area (Å²) in [4.78, 5) is 14.9. The lowest BCUT2D eigenvalue weighted by molar-refractivity contribution is 0.0719. The first-order valence-corrected chi connectivity index (χ1v) is 9.15. The second kappa shape index (κ2) is 7.26. The second-order valence-electron chi connectivity index (χ2n) is 6.53. The van der Waals surface area contributed by atoms with Crippen molar-refractivity contribution in [1.29, 1.82) is 0 Å². The van der Waals surface area contributed by atoms with Gasteiger partial charge in [0.15, 0.2) is 11.5 Å². The molecule has 0 radical (unpaired) electrons. The van der Waals surface area contributed by atoms with E-state index in [9.17, 15) is 4.79 Å². The Labute approximate surface area is 157 Å². The van der Waals surface area contributed by atoms with E-state index in [0.717, 1.165) is 36.4 Å². The Balaban J connectivity index is 1.56. The van der Waals surface area contributed by atoms with Crippen molar-refractivity contribution in [2.24, 2.45) is 0 Å². The van der Waals surface area contributed by atoms with Crippen molar-refractivity contribution < 1.29 is 14.1 Å². The third-order valence-corrected chi connectivity index (χ3v) is 5.01. The van der Waals surface area contributed by atoms with Crippen LogP contribution in [-0.2, 0) is 6.54 Å². The number of hydrogen-bond acceptors (Lipinski definition) is 5. The van der Waals surface area contributed by atoms with Gasteiger partial charge in [0.05, 0.1) is 18.8 Å². The summed E-state index contributed by atoms with van der Waals surface area (Å²) in [6.07, 6.45) is 3.69. The van der Waals surface area contributed by atoms with E-state index in [4.69, 9.17) is 9.26 Å². The number of benzene rings is 1. The number of carbonyl (C=O) groups is 1. The topological polar surface area (TPSA) is 73.4 Å². The molecule has 7 heteroatoms. The minimum atomic E-state index is -0.107. The van der Waals surface area contributed by atoms with Crippen LogP contribution in [0.3, 0.4) is 0 Å². The van der Waals surface area contributed by atoms with Gasteiger partial charge in [0.2, 0.25) is 0 Å². The number of ether oxygens (including phenoxy) is 1. The highest BCUT2D eigenvalue weighted by Gasteiger charge is 2.33. The molecule has 4 rings (SSSR count). The summed E-state index contributed by atoms with van der Waals surface area (Å²) >= 11 is 0. The average molecular weight is 366 g/mol. The number of rotatable bonds is 5. The molecule has 27 heavy (non-hydrogen) atoms. The third-order valence-electron chi connectivity index (χ3n) is 5.01. The molecule has 2 aromatic heterocycles.